The number of carboxylic acids is 1. The van der Waals surface area contributed by atoms with Gasteiger partial charge in [0.15, 0.2) is 6.04 Å². The van der Waals surface area contributed by atoms with Gasteiger partial charge in [0.05, 0.1) is 5.92 Å². The third-order valence-corrected chi connectivity index (χ3v) is 7.11. The Kier molecular flexibility index (Phi) is 6.90. The zero-order valence-electron chi connectivity index (χ0n) is 20.6. The molecule has 3 amide bonds. The number of aryl methyl sites for hydroxylation is 1. The number of urea groups is 1. The average Bonchev–Trinajstić information content (AvgIpc) is 2.91. The quantitative estimate of drug-likeness (QED) is 0.496. The Morgan fingerprint density at radius 1 is 1.05 bits per heavy atom. The van der Waals surface area contributed by atoms with Crippen LogP contribution in [0.15, 0.2) is 72.9 Å². The minimum atomic E-state index is -1.16. The molecule has 0 saturated carbocycles. The first-order valence-corrected chi connectivity index (χ1v) is 12.5. The molecular formula is C29H29N3O5. The van der Waals surface area contributed by atoms with E-state index in [0.717, 1.165) is 46.1 Å². The number of benzene rings is 2. The summed E-state index contributed by atoms with van der Waals surface area (Å²) >= 11 is 0. The van der Waals surface area contributed by atoms with E-state index >= 15 is 0 Å². The second-order valence-corrected chi connectivity index (χ2v) is 9.66. The van der Waals surface area contributed by atoms with Crippen LogP contribution in [-0.4, -0.2) is 56.9 Å². The SMILES string of the molecule is Cc1cc(C[C@H]2C(=O)N(C(=O)N3CCCC(c4ccc(Oc5ccccc5)cc4)C3)[C@@H]2C(=O)O)ccn1. The van der Waals surface area contributed by atoms with Crippen LogP contribution in [0.4, 0.5) is 4.79 Å². The lowest BCUT2D eigenvalue weighted by Crippen LogP contribution is -2.69. The summed E-state index contributed by atoms with van der Waals surface area (Å²) in [4.78, 5) is 45.0. The summed E-state index contributed by atoms with van der Waals surface area (Å²) in [5.41, 5.74) is 2.71. The highest BCUT2D eigenvalue weighted by Gasteiger charge is 2.55. The number of carbonyl (C=O) groups is 3. The topological polar surface area (TPSA) is 100 Å². The number of aliphatic carboxylic acids is 1. The van der Waals surface area contributed by atoms with E-state index in [1.807, 2.05) is 67.6 Å². The molecule has 3 atom stereocenters. The lowest BCUT2D eigenvalue weighted by atomic mass is 9.82. The molecule has 2 fully saturated rings. The van der Waals surface area contributed by atoms with E-state index in [0.29, 0.717) is 13.1 Å². The molecule has 3 aromatic rings. The van der Waals surface area contributed by atoms with Gasteiger partial charge >= 0.3 is 12.0 Å². The van der Waals surface area contributed by atoms with E-state index in [1.54, 1.807) is 17.2 Å². The average molecular weight is 500 g/mol. The molecule has 37 heavy (non-hydrogen) atoms. The molecule has 1 aromatic heterocycles. The van der Waals surface area contributed by atoms with Crippen molar-refractivity contribution in [3.05, 3.63) is 89.7 Å². The molecule has 5 rings (SSSR count). The maximum absolute atomic E-state index is 13.3. The van der Waals surface area contributed by atoms with Gasteiger partial charge in [-0.1, -0.05) is 30.3 Å². The number of hydrogen-bond donors (Lipinski definition) is 1. The smallest absolute Gasteiger partial charge is 0.327 e. The Hall–Kier alpha value is -4.20. The van der Waals surface area contributed by atoms with Crippen LogP contribution < -0.4 is 4.74 Å². The normalized spacial score (nSPS) is 21.3. The molecule has 1 unspecified atom stereocenters. The first-order valence-electron chi connectivity index (χ1n) is 12.5. The highest BCUT2D eigenvalue weighted by atomic mass is 16.5. The second-order valence-electron chi connectivity index (χ2n) is 9.66. The molecular weight excluding hydrogens is 470 g/mol. The highest BCUT2D eigenvalue weighted by molar-refractivity contribution is 6.07. The fourth-order valence-corrected chi connectivity index (χ4v) is 5.24. The summed E-state index contributed by atoms with van der Waals surface area (Å²) in [6, 6.07) is 19.3. The number of hydrogen-bond acceptors (Lipinski definition) is 5. The Labute approximate surface area is 215 Å². The Morgan fingerprint density at radius 2 is 1.78 bits per heavy atom. The summed E-state index contributed by atoms with van der Waals surface area (Å²) in [5, 5.41) is 9.84. The lowest BCUT2D eigenvalue weighted by Gasteiger charge is -2.46. The van der Waals surface area contributed by atoms with Gasteiger partial charge in [0.2, 0.25) is 5.91 Å². The highest BCUT2D eigenvalue weighted by Crippen LogP contribution is 2.34. The van der Waals surface area contributed by atoms with Crippen molar-refractivity contribution in [2.45, 2.75) is 38.1 Å². The van der Waals surface area contributed by atoms with E-state index in [-0.39, 0.29) is 12.3 Å². The number of imide groups is 1. The van der Waals surface area contributed by atoms with Gasteiger partial charge in [0.1, 0.15) is 11.5 Å². The van der Waals surface area contributed by atoms with Gasteiger partial charge in [-0.2, -0.15) is 0 Å². The largest absolute Gasteiger partial charge is 0.480 e. The van der Waals surface area contributed by atoms with Crippen molar-refractivity contribution < 1.29 is 24.2 Å². The van der Waals surface area contributed by atoms with E-state index in [1.165, 1.54) is 0 Å². The number of β-lactam (4-membered cyclic amide) rings is 1. The molecule has 1 N–H and O–H groups in total. The number of likely N-dealkylation sites (tertiary alicyclic amines) is 2. The molecule has 0 radical (unpaired) electrons. The third-order valence-electron chi connectivity index (χ3n) is 7.11. The van der Waals surface area contributed by atoms with Gasteiger partial charge in [0, 0.05) is 30.9 Å². The van der Waals surface area contributed by atoms with Gasteiger partial charge < -0.3 is 14.7 Å². The number of rotatable bonds is 6. The van der Waals surface area contributed by atoms with Crippen LogP contribution in [0, 0.1) is 12.8 Å². The molecule has 2 aromatic carbocycles. The number of piperidine rings is 1. The molecule has 0 spiro atoms. The summed E-state index contributed by atoms with van der Waals surface area (Å²) < 4.78 is 5.87. The molecule has 2 aliphatic rings. The van der Waals surface area contributed by atoms with E-state index < -0.39 is 29.9 Å². The summed E-state index contributed by atoms with van der Waals surface area (Å²) in [6.07, 6.45) is 3.59. The first-order chi connectivity index (χ1) is 17.9. The van der Waals surface area contributed by atoms with Gasteiger partial charge in [0.25, 0.3) is 0 Å². The number of nitrogens with zero attached hydrogens (tertiary/aromatic N) is 3. The van der Waals surface area contributed by atoms with Crippen LogP contribution in [0.5, 0.6) is 11.5 Å². The molecule has 2 aliphatic heterocycles. The van der Waals surface area contributed by atoms with Crippen molar-refractivity contribution in [1.82, 2.24) is 14.8 Å². The van der Waals surface area contributed by atoms with Crippen LogP contribution in [-0.2, 0) is 16.0 Å². The van der Waals surface area contributed by atoms with E-state index in [2.05, 4.69) is 4.98 Å². The summed E-state index contributed by atoms with van der Waals surface area (Å²) in [5.74, 6) is -0.777. The van der Waals surface area contributed by atoms with Crippen molar-refractivity contribution in [1.29, 1.82) is 0 Å². The second kappa shape index (κ2) is 10.4. The van der Waals surface area contributed by atoms with Crippen LogP contribution in [0.1, 0.15) is 35.6 Å². The molecule has 190 valence electrons. The van der Waals surface area contributed by atoms with Gasteiger partial charge in [-0.3, -0.25) is 9.78 Å². The predicted octanol–water partition coefficient (Wildman–Crippen LogP) is 4.64. The predicted molar refractivity (Wildman–Crippen MR) is 136 cm³/mol. The fourth-order valence-electron chi connectivity index (χ4n) is 5.24. The van der Waals surface area contributed by atoms with Gasteiger partial charge in [-0.25, -0.2) is 14.5 Å². The Bertz CT molecular complexity index is 1290. The molecule has 3 heterocycles. The molecule has 2 saturated heterocycles. The number of para-hydroxylation sites is 1. The van der Waals surface area contributed by atoms with Gasteiger partial charge in [-0.15, -0.1) is 0 Å². The van der Waals surface area contributed by atoms with Crippen molar-refractivity contribution >= 4 is 17.9 Å². The summed E-state index contributed by atoms with van der Waals surface area (Å²) in [7, 11) is 0. The zero-order chi connectivity index (χ0) is 25.9. The van der Waals surface area contributed by atoms with Crippen LogP contribution in [0.25, 0.3) is 0 Å². The third kappa shape index (κ3) is 5.18. The van der Waals surface area contributed by atoms with Crippen LogP contribution in [0.2, 0.25) is 0 Å². The minimum Gasteiger partial charge on any atom is -0.480 e. The number of aromatic nitrogens is 1. The van der Waals surface area contributed by atoms with Gasteiger partial charge in [-0.05, 0) is 73.7 Å². The number of carbonyl (C=O) groups excluding carboxylic acids is 2. The van der Waals surface area contributed by atoms with E-state index in [4.69, 9.17) is 4.74 Å². The molecule has 8 heteroatoms. The Morgan fingerprint density at radius 3 is 2.49 bits per heavy atom. The Balaban J connectivity index is 1.24. The standard InChI is InChI=1S/C29H29N3O5/c1-19-16-20(13-14-30-19)17-25-26(28(34)35)32(27(25)33)29(36)31-15-5-6-22(18-31)21-9-11-24(12-10-21)37-23-7-3-2-4-8-23/h2-4,7-14,16,22,25-26H,5-6,15,17-18H2,1H3,(H,34,35)/t22?,25-,26+/m1/s1. The maximum atomic E-state index is 13.3. The molecule has 0 aliphatic carbocycles. The van der Waals surface area contributed by atoms with Crippen molar-refractivity contribution in [3.63, 3.8) is 0 Å². The summed E-state index contributed by atoms with van der Waals surface area (Å²) in [6.45, 7) is 2.77. The number of amides is 3. The molecule has 0 bridgehead atoms. The van der Waals surface area contributed by atoms with Crippen molar-refractivity contribution in [3.8, 4) is 11.5 Å². The van der Waals surface area contributed by atoms with Crippen molar-refractivity contribution in [2.75, 3.05) is 13.1 Å². The maximum Gasteiger partial charge on any atom is 0.327 e. The zero-order valence-corrected chi connectivity index (χ0v) is 20.6. The fraction of sp³-hybridized carbons (Fsp3) is 0.310. The first kappa shape index (κ1) is 24.5. The van der Waals surface area contributed by atoms with Crippen LogP contribution >= 0.6 is 0 Å². The number of ether oxygens (including phenoxy) is 1. The minimum absolute atomic E-state index is 0.0960. The monoisotopic (exact) mass is 499 g/mol. The molecule has 8 nitrogen and oxygen atoms in total. The van der Waals surface area contributed by atoms with E-state index in [9.17, 15) is 19.5 Å². The number of pyridine rings is 1. The van der Waals surface area contributed by atoms with Crippen molar-refractivity contribution in [2.24, 2.45) is 5.92 Å². The lowest BCUT2D eigenvalue weighted by molar-refractivity contribution is -0.166. The number of carboxylic acid groups (broad SMARTS) is 1. The van der Waals surface area contributed by atoms with Crippen LogP contribution in [0.3, 0.4) is 0 Å².